The first-order chi connectivity index (χ1) is 11.2. The molecule has 0 aliphatic carbocycles. The number of rotatable bonds is 5. The van der Waals surface area contributed by atoms with Crippen molar-refractivity contribution in [1.82, 2.24) is 5.32 Å². The number of hydrogen-bond donors (Lipinski definition) is 1. The number of carbonyl (C=O) groups is 1. The van der Waals surface area contributed by atoms with Crippen molar-refractivity contribution in [1.29, 1.82) is 0 Å². The van der Waals surface area contributed by atoms with E-state index >= 15 is 0 Å². The van der Waals surface area contributed by atoms with Crippen LogP contribution in [0, 0.1) is 0 Å². The van der Waals surface area contributed by atoms with Gasteiger partial charge in [-0.05, 0) is 30.6 Å². The van der Waals surface area contributed by atoms with E-state index in [0.29, 0.717) is 19.8 Å². The normalized spacial score (nSPS) is 26.8. The van der Waals surface area contributed by atoms with Crippen molar-refractivity contribution in [2.75, 3.05) is 38.4 Å². The molecule has 2 aliphatic heterocycles. The quantitative estimate of drug-likeness (QED) is 0.897. The molecule has 5 heteroatoms. The Morgan fingerprint density at radius 3 is 2.61 bits per heavy atom. The highest BCUT2D eigenvalue weighted by Crippen LogP contribution is 2.36. The third-order valence-corrected chi connectivity index (χ3v) is 6.40. The highest BCUT2D eigenvalue weighted by molar-refractivity contribution is 7.99. The summed E-state index contributed by atoms with van der Waals surface area (Å²) in [6.07, 6.45) is 2.46. The summed E-state index contributed by atoms with van der Waals surface area (Å²) < 4.78 is 11.2. The maximum atomic E-state index is 13.1. The van der Waals surface area contributed by atoms with Gasteiger partial charge in [0.1, 0.15) is 0 Å². The summed E-state index contributed by atoms with van der Waals surface area (Å²) in [6.45, 7) is 1.85. The molecule has 4 nitrogen and oxygen atoms in total. The van der Waals surface area contributed by atoms with E-state index in [1.54, 1.807) is 7.11 Å². The molecule has 0 spiro atoms. The third-order valence-electron chi connectivity index (χ3n) is 5.18. The van der Waals surface area contributed by atoms with Gasteiger partial charge in [0.25, 0.3) is 0 Å². The molecule has 0 aromatic heterocycles. The molecule has 1 amide bonds. The molecule has 0 saturated carbocycles. The predicted molar refractivity (Wildman–Crippen MR) is 92.9 cm³/mol. The fraction of sp³-hybridized carbons (Fsp3) is 0.611. The number of hydrogen-bond acceptors (Lipinski definition) is 4. The minimum absolute atomic E-state index is 0.111. The summed E-state index contributed by atoms with van der Waals surface area (Å²) in [5, 5.41) is 3.19. The van der Waals surface area contributed by atoms with Crippen LogP contribution in [0.3, 0.4) is 0 Å². The zero-order chi connectivity index (χ0) is 16.2. The molecule has 1 atom stereocenters. The molecular formula is C18H25NO3S. The number of carbonyl (C=O) groups excluding carboxylic acids is 1. The van der Waals surface area contributed by atoms with E-state index in [0.717, 1.165) is 36.3 Å². The maximum absolute atomic E-state index is 13.1. The molecule has 1 N–H and O–H groups in total. The molecule has 2 saturated heterocycles. The van der Waals surface area contributed by atoms with E-state index < -0.39 is 5.41 Å². The zero-order valence-corrected chi connectivity index (χ0v) is 14.5. The molecule has 2 heterocycles. The van der Waals surface area contributed by atoms with Crippen LogP contribution in [0.15, 0.2) is 30.3 Å². The molecule has 0 unspecified atom stereocenters. The fourth-order valence-corrected chi connectivity index (χ4v) is 4.89. The van der Waals surface area contributed by atoms with E-state index in [1.165, 1.54) is 0 Å². The van der Waals surface area contributed by atoms with E-state index in [2.05, 4.69) is 17.4 Å². The Kier molecular flexibility index (Phi) is 5.29. The molecule has 1 aromatic rings. The molecule has 2 fully saturated rings. The van der Waals surface area contributed by atoms with Gasteiger partial charge in [0.05, 0.1) is 11.0 Å². The number of thioether (sulfide) groups is 1. The van der Waals surface area contributed by atoms with Crippen molar-refractivity contribution < 1.29 is 14.3 Å². The molecule has 0 bridgehead atoms. The SMILES string of the molecule is CO[C@@]1(CNC(=O)C2(c3ccccc3)CCOCC2)CCSC1. The lowest BCUT2D eigenvalue weighted by Crippen LogP contribution is -2.52. The molecule has 2 aliphatic rings. The van der Waals surface area contributed by atoms with Crippen LogP contribution >= 0.6 is 11.8 Å². The zero-order valence-electron chi connectivity index (χ0n) is 13.7. The van der Waals surface area contributed by atoms with Crippen LogP contribution in [0.2, 0.25) is 0 Å². The fourth-order valence-electron chi connectivity index (χ4n) is 3.50. The molecular weight excluding hydrogens is 310 g/mol. The first-order valence-corrected chi connectivity index (χ1v) is 9.41. The number of benzene rings is 1. The summed E-state index contributed by atoms with van der Waals surface area (Å²) in [5.74, 6) is 2.16. The lowest BCUT2D eigenvalue weighted by Gasteiger charge is -2.37. The average molecular weight is 335 g/mol. The van der Waals surface area contributed by atoms with Gasteiger partial charge in [-0.25, -0.2) is 0 Å². The first-order valence-electron chi connectivity index (χ1n) is 8.25. The first kappa shape index (κ1) is 16.8. The van der Waals surface area contributed by atoms with Gasteiger partial charge in [-0.15, -0.1) is 0 Å². The summed E-state index contributed by atoms with van der Waals surface area (Å²) in [6, 6.07) is 10.1. The van der Waals surface area contributed by atoms with Gasteiger partial charge in [0.15, 0.2) is 0 Å². The summed E-state index contributed by atoms with van der Waals surface area (Å²) >= 11 is 1.89. The van der Waals surface area contributed by atoms with Crippen LogP contribution in [0.1, 0.15) is 24.8 Å². The molecule has 23 heavy (non-hydrogen) atoms. The lowest BCUT2D eigenvalue weighted by atomic mass is 9.73. The van der Waals surface area contributed by atoms with Crippen molar-refractivity contribution in [2.24, 2.45) is 0 Å². The van der Waals surface area contributed by atoms with Crippen LogP contribution in [0.5, 0.6) is 0 Å². The van der Waals surface area contributed by atoms with E-state index in [9.17, 15) is 4.79 Å². The highest BCUT2D eigenvalue weighted by atomic mass is 32.2. The number of methoxy groups -OCH3 is 1. The Labute approximate surface area is 142 Å². The van der Waals surface area contributed by atoms with Gasteiger partial charge in [-0.3, -0.25) is 4.79 Å². The second kappa shape index (κ2) is 7.24. The molecule has 3 rings (SSSR count). The van der Waals surface area contributed by atoms with Gasteiger partial charge < -0.3 is 14.8 Å². The molecule has 1 aromatic carbocycles. The Hall–Kier alpha value is -1.04. The average Bonchev–Trinajstić information content (AvgIpc) is 3.10. The number of ether oxygens (including phenoxy) is 2. The third kappa shape index (κ3) is 3.42. The van der Waals surface area contributed by atoms with Crippen molar-refractivity contribution in [3.8, 4) is 0 Å². The Morgan fingerprint density at radius 2 is 2.00 bits per heavy atom. The van der Waals surface area contributed by atoms with Crippen LogP contribution in [0.25, 0.3) is 0 Å². The van der Waals surface area contributed by atoms with Crippen LogP contribution in [-0.2, 0) is 19.7 Å². The van der Waals surface area contributed by atoms with Crippen molar-refractivity contribution in [3.63, 3.8) is 0 Å². The Balaban J connectivity index is 1.76. The van der Waals surface area contributed by atoms with Crippen molar-refractivity contribution in [3.05, 3.63) is 35.9 Å². The summed E-state index contributed by atoms with van der Waals surface area (Å²) in [5.41, 5.74) is 0.414. The van der Waals surface area contributed by atoms with Crippen molar-refractivity contribution in [2.45, 2.75) is 30.3 Å². The van der Waals surface area contributed by atoms with E-state index in [4.69, 9.17) is 9.47 Å². The topological polar surface area (TPSA) is 47.6 Å². The number of nitrogens with one attached hydrogen (secondary N) is 1. The smallest absolute Gasteiger partial charge is 0.230 e. The summed E-state index contributed by atoms with van der Waals surface area (Å²) in [7, 11) is 1.75. The van der Waals surface area contributed by atoms with Gasteiger partial charge in [-0.2, -0.15) is 11.8 Å². The lowest BCUT2D eigenvalue weighted by molar-refractivity contribution is -0.131. The minimum atomic E-state index is -0.472. The van der Waals surface area contributed by atoms with E-state index in [-0.39, 0.29) is 11.5 Å². The standard InChI is InChI=1S/C18H25NO3S/c1-21-17(9-12-23-14-17)13-19-16(20)18(7-10-22-11-8-18)15-5-3-2-4-6-15/h2-6H,7-14H2,1H3,(H,19,20)/t17-/m1/s1. The second-order valence-electron chi connectivity index (χ2n) is 6.43. The van der Waals surface area contributed by atoms with Crippen molar-refractivity contribution >= 4 is 17.7 Å². The maximum Gasteiger partial charge on any atom is 0.230 e. The van der Waals surface area contributed by atoms with Gasteiger partial charge >= 0.3 is 0 Å². The molecule has 126 valence electrons. The van der Waals surface area contributed by atoms with E-state index in [1.807, 2.05) is 30.0 Å². The molecule has 0 radical (unpaired) electrons. The predicted octanol–water partition coefficient (Wildman–Crippen LogP) is 2.37. The monoisotopic (exact) mass is 335 g/mol. The highest BCUT2D eigenvalue weighted by Gasteiger charge is 2.43. The largest absolute Gasteiger partial charge is 0.381 e. The second-order valence-corrected chi connectivity index (χ2v) is 7.54. The number of amides is 1. The van der Waals surface area contributed by atoms with Crippen LogP contribution < -0.4 is 5.32 Å². The summed E-state index contributed by atoms with van der Waals surface area (Å²) in [4.78, 5) is 13.1. The van der Waals surface area contributed by atoms with Gasteiger partial charge in [0, 0.05) is 32.6 Å². The Bertz CT molecular complexity index is 522. The minimum Gasteiger partial charge on any atom is -0.381 e. The Morgan fingerprint density at radius 1 is 1.26 bits per heavy atom. The van der Waals surface area contributed by atoms with Gasteiger partial charge in [0.2, 0.25) is 5.91 Å². The van der Waals surface area contributed by atoms with Crippen LogP contribution in [-0.4, -0.2) is 49.9 Å². The van der Waals surface area contributed by atoms with Gasteiger partial charge in [-0.1, -0.05) is 30.3 Å². The van der Waals surface area contributed by atoms with Crippen LogP contribution in [0.4, 0.5) is 0 Å².